The van der Waals surface area contributed by atoms with Crippen LogP contribution in [-0.2, 0) is 4.74 Å². The van der Waals surface area contributed by atoms with Gasteiger partial charge in [-0.05, 0) is 24.6 Å². The summed E-state index contributed by atoms with van der Waals surface area (Å²) in [5.74, 6) is -6.92. The minimum atomic E-state index is -5.82. The summed E-state index contributed by atoms with van der Waals surface area (Å²) in [4.78, 5) is 12.0. The number of ether oxygens (including phenoxy) is 1. The highest BCUT2D eigenvalue weighted by Gasteiger charge is 2.64. The largest absolute Gasteiger partial charge is 0.462 e. The van der Waals surface area contributed by atoms with Crippen LogP contribution in [0.1, 0.15) is 41.3 Å². The highest BCUT2D eigenvalue weighted by atomic mass is 19.4. The van der Waals surface area contributed by atoms with Crippen LogP contribution in [0.15, 0.2) is 30.5 Å². The van der Waals surface area contributed by atoms with E-state index in [0.717, 1.165) is 18.3 Å². The molecule has 1 aliphatic heterocycles. The lowest BCUT2D eigenvalue weighted by atomic mass is 9.93. The van der Waals surface area contributed by atoms with Gasteiger partial charge in [0.05, 0.1) is 18.8 Å². The van der Waals surface area contributed by atoms with Gasteiger partial charge < -0.3 is 10.1 Å². The molecule has 0 saturated carbocycles. The summed E-state index contributed by atoms with van der Waals surface area (Å²) in [6, 6.07) is 1.23. The van der Waals surface area contributed by atoms with Crippen LogP contribution in [0.25, 0.3) is 0 Å². The second-order valence-corrected chi connectivity index (χ2v) is 6.19. The number of nitrogens with one attached hydrogen (secondary N) is 1. The number of fused-ring (bicyclic) bond motifs is 1. The SMILES string of the molecule is CCOC(=O)c1cnn2c1N[C@H](c1ccc(F)cc1)C[C@@H]2C(F)(F)C(F)(F)F. The van der Waals surface area contributed by atoms with Gasteiger partial charge in [-0.15, -0.1) is 0 Å². The van der Waals surface area contributed by atoms with Crippen LogP contribution < -0.4 is 5.32 Å². The molecule has 0 aliphatic carbocycles. The van der Waals surface area contributed by atoms with Crippen molar-refractivity contribution in [3.8, 4) is 0 Å². The maximum atomic E-state index is 14.2. The second-order valence-electron chi connectivity index (χ2n) is 6.19. The smallest absolute Gasteiger partial charge is 0.455 e. The van der Waals surface area contributed by atoms with Crippen molar-refractivity contribution in [1.29, 1.82) is 0 Å². The van der Waals surface area contributed by atoms with E-state index in [0.29, 0.717) is 4.68 Å². The summed E-state index contributed by atoms with van der Waals surface area (Å²) in [5.41, 5.74) is 0.0169. The molecule has 1 aromatic heterocycles. The van der Waals surface area contributed by atoms with E-state index >= 15 is 0 Å². The van der Waals surface area contributed by atoms with Crippen molar-refractivity contribution in [3.05, 3.63) is 47.4 Å². The van der Waals surface area contributed by atoms with Crippen molar-refractivity contribution in [1.82, 2.24) is 9.78 Å². The van der Waals surface area contributed by atoms with E-state index in [2.05, 4.69) is 10.4 Å². The zero-order valence-electron chi connectivity index (χ0n) is 14.4. The molecular weight excluding hydrogens is 392 g/mol. The Hall–Kier alpha value is -2.72. The Bertz CT molecular complexity index is 863. The van der Waals surface area contributed by atoms with Gasteiger partial charge in [0.2, 0.25) is 0 Å². The normalized spacial score (nSPS) is 19.7. The molecule has 0 unspecified atom stereocenters. The van der Waals surface area contributed by atoms with Gasteiger partial charge in [0.15, 0.2) is 0 Å². The third kappa shape index (κ3) is 3.40. The fourth-order valence-electron chi connectivity index (χ4n) is 3.05. The molecule has 11 heteroatoms. The zero-order chi connectivity index (χ0) is 20.7. The van der Waals surface area contributed by atoms with Crippen molar-refractivity contribution in [2.75, 3.05) is 11.9 Å². The number of hydrogen-bond donors (Lipinski definition) is 1. The monoisotopic (exact) mass is 407 g/mol. The van der Waals surface area contributed by atoms with Crippen LogP contribution in [0.2, 0.25) is 0 Å². The molecule has 1 aromatic carbocycles. The number of carbonyl (C=O) groups is 1. The number of halogens is 6. The molecule has 0 fully saturated rings. The van der Waals surface area contributed by atoms with Crippen LogP contribution in [0, 0.1) is 5.82 Å². The van der Waals surface area contributed by atoms with Gasteiger partial charge in [0.1, 0.15) is 23.2 Å². The molecule has 5 nitrogen and oxygen atoms in total. The first-order chi connectivity index (χ1) is 13.1. The van der Waals surface area contributed by atoms with Gasteiger partial charge in [0.25, 0.3) is 0 Å². The van der Waals surface area contributed by atoms with E-state index in [1.165, 1.54) is 19.1 Å². The summed E-state index contributed by atoms with van der Waals surface area (Å²) in [6.07, 6.45) is -5.63. The summed E-state index contributed by atoms with van der Waals surface area (Å²) >= 11 is 0. The molecule has 3 rings (SSSR count). The minimum absolute atomic E-state index is 0.0208. The molecule has 2 aromatic rings. The van der Waals surface area contributed by atoms with Crippen molar-refractivity contribution in [2.45, 2.75) is 37.5 Å². The summed E-state index contributed by atoms with van der Waals surface area (Å²) in [7, 11) is 0. The number of alkyl halides is 5. The number of benzene rings is 1. The lowest BCUT2D eigenvalue weighted by Crippen LogP contribution is -2.47. The topological polar surface area (TPSA) is 56.1 Å². The molecule has 152 valence electrons. The van der Waals surface area contributed by atoms with Gasteiger partial charge in [-0.1, -0.05) is 12.1 Å². The van der Waals surface area contributed by atoms with Crippen LogP contribution in [-0.4, -0.2) is 34.5 Å². The Balaban J connectivity index is 2.08. The molecule has 2 atom stereocenters. The quantitative estimate of drug-likeness (QED) is 0.599. The number of anilines is 1. The summed E-state index contributed by atoms with van der Waals surface area (Å²) < 4.78 is 85.9. The minimum Gasteiger partial charge on any atom is -0.462 e. The lowest BCUT2D eigenvalue weighted by molar-refractivity contribution is -0.301. The van der Waals surface area contributed by atoms with Crippen LogP contribution in [0.3, 0.4) is 0 Å². The third-order valence-corrected chi connectivity index (χ3v) is 4.42. The number of esters is 1. The Morgan fingerprint density at radius 2 is 1.89 bits per heavy atom. The fourth-order valence-corrected chi connectivity index (χ4v) is 3.05. The molecule has 0 radical (unpaired) electrons. The van der Waals surface area contributed by atoms with Crippen molar-refractivity contribution in [2.24, 2.45) is 0 Å². The average molecular weight is 407 g/mol. The molecule has 1 N–H and O–H groups in total. The predicted octanol–water partition coefficient (Wildman–Crippen LogP) is 4.49. The average Bonchev–Trinajstić information content (AvgIpc) is 3.04. The van der Waals surface area contributed by atoms with Crippen LogP contribution >= 0.6 is 0 Å². The van der Waals surface area contributed by atoms with Gasteiger partial charge in [-0.25, -0.2) is 13.9 Å². The van der Waals surface area contributed by atoms with Gasteiger partial charge >= 0.3 is 18.1 Å². The molecule has 2 heterocycles. The lowest BCUT2D eigenvalue weighted by Gasteiger charge is -2.37. The first-order valence-electron chi connectivity index (χ1n) is 8.27. The molecular formula is C17H15F6N3O2. The number of nitrogens with zero attached hydrogens (tertiary/aromatic N) is 2. The molecule has 1 aliphatic rings. The van der Waals surface area contributed by atoms with E-state index in [1.54, 1.807) is 0 Å². The highest BCUT2D eigenvalue weighted by Crippen LogP contribution is 2.50. The van der Waals surface area contributed by atoms with E-state index in [9.17, 15) is 31.1 Å². The number of carbonyl (C=O) groups excluding carboxylic acids is 1. The van der Waals surface area contributed by atoms with Crippen molar-refractivity contribution < 1.29 is 35.9 Å². The van der Waals surface area contributed by atoms with Crippen molar-refractivity contribution >= 4 is 11.8 Å². The Morgan fingerprint density at radius 1 is 1.25 bits per heavy atom. The van der Waals surface area contributed by atoms with Crippen LogP contribution in [0.4, 0.5) is 32.2 Å². The molecule has 0 bridgehead atoms. The maximum absolute atomic E-state index is 14.2. The molecule has 0 spiro atoms. The Morgan fingerprint density at radius 3 is 2.46 bits per heavy atom. The Labute approximate surface area is 155 Å². The third-order valence-electron chi connectivity index (χ3n) is 4.42. The maximum Gasteiger partial charge on any atom is 0.455 e. The van der Waals surface area contributed by atoms with Crippen LogP contribution in [0.5, 0.6) is 0 Å². The zero-order valence-corrected chi connectivity index (χ0v) is 14.4. The van der Waals surface area contributed by atoms with Crippen molar-refractivity contribution in [3.63, 3.8) is 0 Å². The van der Waals surface area contributed by atoms with Gasteiger partial charge in [0, 0.05) is 6.42 Å². The fraction of sp³-hybridized carbons (Fsp3) is 0.412. The highest BCUT2D eigenvalue weighted by molar-refractivity contribution is 5.94. The van der Waals surface area contributed by atoms with E-state index in [4.69, 9.17) is 4.74 Å². The second kappa shape index (κ2) is 7.02. The number of rotatable bonds is 4. The van der Waals surface area contributed by atoms with E-state index in [-0.39, 0.29) is 23.6 Å². The number of aromatic nitrogens is 2. The first-order valence-corrected chi connectivity index (χ1v) is 8.27. The number of hydrogen-bond acceptors (Lipinski definition) is 4. The van der Waals surface area contributed by atoms with E-state index < -0.39 is 42.4 Å². The summed E-state index contributed by atoms with van der Waals surface area (Å²) in [6.45, 7) is 1.50. The first kappa shape index (κ1) is 20.0. The standard InChI is InChI=1S/C17H15F6N3O2/c1-2-28-15(27)11-8-24-26-13(16(19,20)17(21,22)23)7-12(25-14(11)26)9-3-5-10(18)6-4-9/h3-6,8,12-13,25H,2,7H2,1H3/t12-,13+/m0/s1. The molecule has 0 amide bonds. The molecule has 0 saturated heterocycles. The molecule has 28 heavy (non-hydrogen) atoms. The van der Waals surface area contributed by atoms with Gasteiger partial charge in [-0.3, -0.25) is 0 Å². The Kier molecular flexibility index (Phi) is 5.02. The summed E-state index contributed by atoms with van der Waals surface area (Å²) in [5, 5.41) is 6.33. The van der Waals surface area contributed by atoms with E-state index in [1.807, 2.05) is 0 Å². The predicted molar refractivity (Wildman–Crippen MR) is 85.6 cm³/mol. The van der Waals surface area contributed by atoms with Gasteiger partial charge in [-0.2, -0.15) is 27.1 Å².